The summed E-state index contributed by atoms with van der Waals surface area (Å²) in [6, 6.07) is 14.3. The fourth-order valence-corrected chi connectivity index (χ4v) is 3.86. The second-order valence-corrected chi connectivity index (χ2v) is 5.50. The lowest BCUT2D eigenvalue weighted by molar-refractivity contribution is 0.0695. The molecule has 0 spiro atoms. The van der Waals surface area contributed by atoms with Gasteiger partial charge in [-0.3, -0.25) is 0 Å². The maximum atomic E-state index is 11.4. The Hall–Kier alpha value is -2.09. The summed E-state index contributed by atoms with van der Waals surface area (Å²) in [5.74, 6) is -0.0279. The lowest BCUT2D eigenvalue weighted by Gasteiger charge is -2.23. The van der Waals surface area contributed by atoms with Crippen molar-refractivity contribution in [3.63, 3.8) is 0 Å². The smallest absolute Gasteiger partial charge is 0.335 e. The van der Waals surface area contributed by atoms with Gasteiger partial charge in [-0.05, 0) is 47.1 Å². The molecular formula is C17H14O2. The third kappa shape index (κ3) is 1.40. The SMILES string of the molecule is O=C(O)c1cccc2c1C1Cc3ccccc3C2C1. The summed E-state index contributed by atoms with van der Waals surface area (Å²) < 4.78 is 0. The fourth-order valence-electron chi connectivity index (χ4n) is 3.86. The summed E-state index contributed by atoms with van der Waals surface area (Å²) in [4.78, 5) is 11.4. The van der Waals surface area contributed by atoms with Crippen molar-refractivity contribution < 1.29 is 9.90 Å². The zero-order valence-electron chi connectivity index (χ0n) is 10.5. The molecular weight excluding hydrogens is 236 g/mol. The summed E-state index contributed by atoms with van der Waals surface area (Å²) in [5, 5.41) is 9.39. The molecule has 19 heavy (non-hydrogen) atoms. The van der Waals surface area contributed by atoms with Crippen molar-refractivity contribution in [1.82, 2.24) is 0 Å². The van der Waals surface area contributed by atoms with Crippen molar-refractivity contribution in [1.29, 1.82) is 0 Å². The summed E-state index contributed by atoms with van der Waals surface area (Å²) in [7, 11) is 0. The molecule has 2 aliphatic rings. The van der Waals surface area contributed by atoms with Gasteiger partial charge in [0.25, 0.3) is 0 Å². The van der Waals surface area contributed by atoms with Crippen LogP contribution in [0, 0.1) is 0 Å². The molecule has 0 aromatic heterocycles. The standard InChI is InChI=1S/C17H14O2/c18-17(19)14-7-3-6-13-15-9-11(16(13)14)8-10-4-1-2-5-12(10)15/h1-7,11,15H,8-9H2,(H,18,19). The van der Waals surface area contributed by atoms with Crippen LogP contribution in [0.2, 0.25) is 0 Å². The van der Waals surface area contributed by atoms with Gasteiger partial charge in [0.1, 0.15) is 0 Å². The molecule has 0 amide bonds. The van der Waals surface area contributed by atoms with Gasteiger partial charge >= 0.3 is 5.97 Å². The Bertz CT molecular complexity index is 687. The van der Waals surface area contributed by atoms with Gasteiger partial charge < -0.3 is 5.11 Å². The van der Waals surface area contributed by atoms with Gasteiger partial charge in [0.05, 0.1) is 5.56 Å². The lowest BCUT2D eigenvalue weighted by Crippen LogP contribution is -2.10. The molecule has 2 aliphatic carbocycles. The van der Waals surface area contributed by atoms with Gasteiger partial charge in [-0.25, -0.2) is 4.79 Å². The molecule has 94 valence electrons. The second kappa shape index (κ2) is 3.70. The van der Waals surface area contributed by atoms with Crippen LogP contribution in [0.1, 0.15) is 50.9 Å². The number of carboxylic acids is 1. The van der Waals surface area contributed by atoms with Gasteiger partial charge in [0, 0.05) is 5.92 Å². The van der Waals surface area contributed by atoms with Crippen LogP contribution in [0.3, 0.4) is 0 Å². The molecule has 2 aromatic rings. The minimum Gasteiger partial charge on any atom is -0.478 e. The number of rotatable bonds is 1. The van der Waals surface area contributed by atoms with Crippen molar-refractivity contribution in [3.8, 4) is 0 Å². The molecule has 2 atom stereocenters. The van der Waals surface area contributed by atoms with E-state index in [-0.39, 0.29) is 0 Å². The largest absolute Gasteiger partial charge is 0.478 e. The highest BCUT2D eigenvalue weighted by Gasteiger charge is 2.39. The average Bonchev–Trinajstić information content (AvgIpc) is 2.73. The van der Waals surface area contributed by atoms with Crippen LogP contribution >= 0.6 is 0 Å². The maximum absolute atomic E-state index is 11.4. The van der Waals surface area contributed by atoms with Crippen molar-refractivity contribution in [2.75, 3.05) is 0 Å². The van der Waals surface area contributed by atoms with E-state index in [0.29, 0.717) is 17.4 Å². The first-order valence-electron chi connectivity index (χ1n) is 6.69. The van der Waals surface area contributed by atoms with Gasteiger partial charge in [0.2, 0.25) is 0 Å². The maximum Gasteiger partial charge on any atom is 0.335 e. The molecule has 0 aliphatic heterocycles. The zero-order chi connectivity index (χ0) is 13.0. The van der Waals surface area contributed by atoms with Crippen LogP contribution in [0.4, 0.5) is 0 Å². The van der Waals surface area contributed by atoms with Crippen LogP contribution in [0.25, 0.3) is 0 Å². The molecule has 0 saturated heterocycles. The monoisotopic (exact) mass is 250 g/mol. The highest BCUT2D eigenvalue weighted by molar-refractivity contribution is 5.90. The molecule has 0 saturated carbocycles. The fraction of sp³-hybridized carbons (Fsp3) is 0.235. The Kier molecular flexibility index (Phi) is 2.10. The summed E-state index contributed by atoms with van der Waals surface area (Å²) in [6.45, 7) is 0. The Morgan fingerprint density at radius 1 is 1.05 bits per heavy atom. The predicted octanol–water partition coefficient (Wildman–Crippen LogP) is 3.56. The first-order valence-corrected chi connectivity index (χ1v) is 6.69. The molecule has 2 aromatic carbocycles. The van der Waals surface area contributed by atoms with Crippen LogP contribution < -0.4 is 0 Å². The van der Waals surface area contributed by atoms with Crippen molar-refractivity contribution in [2.45, 2.75) is 24.7 Å². The minimum atomic E-state index is -0.798. The number of fused-ring (bicyclic) bond motifs is 7. The van der Waals surface area contributed by atoms with Crippen LogP contribution in [-0.2, 0) is 6.42 Å². The van der Waals surface area contributed by atoms with Gasteiger partial charge in [-0.2, -0.15) is 0 Å². The first-order chi connectivity index (χ1) is 9.25. The van der Waals surface area contributed by atoms with Gasteiger partial charge in [0.15, 0.2) is 0 Å². The van der Waals surface area contributed by atoms with E-state index >= 15 is 0 Å². The topological polar surface area (TPSA) is 37.3 Å². The number of carbonyl (C=O) groups is 1. The summed E-state index contributed by atoms with van der Waals surface area (Å²) in [5.41, 5.74) is 5.58. The molecule has 2 unspecified atom stereocenters. The minimum absolute atomic E-state index is 0.377. The van der Waals surface area contributed by atoms with E-state index in [4.69, 9.17) is 0 Å². The second-order valence-electron chi connectivity index (χ2n) is 5.50. The predicted molar refractivity (Wildman–Crippen MR) is 72.7 cm³/mol. The third-order valence-corrected chi connectivity index (χ3v) is 4.57. The number of aromatic carboxylic acids is 1. The van der Waals surface area contributed by atoms with Crippen molar-refractivity contribution in [2.24, 2.45) is 0 Å². The number of benzene rings is 2. The molecule has 1 N–H and O–H groups in total. The van der Waals surface area contributed by atoms with Crippen LogP contribution in [0.15, 0.2) is 42.5 Å². The number of hydrogen-bond donors (Lipinski definition) is 1. The molecule has 2 heteroatoms. The Morgan fingerprint density at radius 3 is 2.68 bits per heavy atom. The quantitative estimate of drug-likeness (QED) is 0.840. The van der Waals surface area contributed by atoms with E-state index in [1.165, 1.54) is 16.7 Å². The molecule has 0 fully saturated rings. The molecule has 0 radical (unpaired) electrons. The van der Waals surface area contributed by atoms with E-state index in [2.05, 4.69) is 30.3 Å². The lowest BCUT2D eigenvalue weighted by atomic mass is 9.81. The van der Waals surface area contributed by atoms with Gasteiger partial charge in [-0.1, -0.05) is 36.4 Å². The number of hydrogen-bond acceptors (Lipinski definition) is 1. The highest BCUT2D eigenvalue weighted by atomic mass is 16.4. The van der Waals surface area contributed by atoms with E-state index in [1.807, 2.05) is 6.07 Å². The average molecular weight is 250 g/mol. The molecule has 2 bridgehead atoms. The van der Waals surface area contributed by atoms with Crippen molar-refractivity contribution in [3.05, 3.63) is 70.3 Å². The Balaban J connectivity index is 1.96. The highest BCUT2D eigenvalue weighted by Crippen LogP contribution is 2.52. The first kappa shape index (κ1) is 10.8. The third-order valence-electron chi connectivity index (χ3n) is 4.57. The zero-order valence-corrected chi connectivity index (χ0v) is 10.5. The normalized spacial score (nSPS) is 22.7. The Morgan fingerprint density at radius 2 is 1.84 bits per heavy atom. The van der Waals surface area contributed by atoms with E-state index in [9.17, 15) is 9.90 Å². The number of carboxylic acid groups (broad SMARTS) is 1. The van der Waals surface area contributed by atoms with Crippen LogP contribution in [0.5, 0.6) is 0 Å². The van der Waals surface area contributed by atoms with E-state index < -0.39 is 5.97 Å². The Labute approximate surface area is 111 Å². The summed E-state index contributed by atoms with van der Waals surface area (Å²) >= 11 is 0. The van der Waals surface area contributed by atoms with E-state index in [0.717, 1.165) is 18.4 Å². The van der Waals surface area contributed by atoms with E-state index in [1.54, 1.807) is 6.07 Å². The molecule has 4 rings (SSSR count). The van der Waals surface area contributed by atoms with Crippen molar-refractivity contribution >= 4 is 5.97 Å². The summed E-state index contributed by atoms with van der Waals surface area (Å²) in [6.07, 6.45) is 2.04. The van der Waals surface area contributed by atoms with Gasteiger partial charge in [-0.15, -0.1) is 0 Å². The van der Waals surface area contributed by atoms with Crippen LogP contribution in [-0.4, -0.2) is 11.1 Å². The molecule has 2 nitrogen and oxygen atoms in total. The molecule has 0 heterocycles.